The summed E-state index contributed by atoms with van der Waals surface area (Å²) in [7, 11) is 0. The van der Waals surface area contributed by atoms with Crippen LogP contribution in [0.3, 0.4) is 0 Å². The molecular formula is C23H21ClN4O3. The predicted molar refractivity (Wildman–Crippen MR) is 120 cm³/mol. The molecule has 0 spiro atoms. The SMILES string of the molecule is CCc1ccc(-c2noc3c(=O)n(CCC(=O)Nc4cc(Cl)ccc4C)cnc23)cc1. The molecule has 2 heterocycles. The van der Waals surface area contributed by atoms with Crippen LogP contribution in [0.2, 0.25) is 5.02 Å². The second-order valence-electron chi connectivity index (χ2n) is 7.26. The molecule has 31 heavy (non-hydrogen) atoms. The van der Waals surface area contributed by atoms with Gasteiger partial charge in [-0.25, -0.2) is 4.98 Å². The second kappa shape index (κ2) is 8.73. The molecule has 0 radical (unpaired) electrons. The number of amides is 1. The Kier molecular flexibility index (Phi) is 5.86. The van der Waals surface area contributed by atoms with Crippen molar-refractivity contribution in [3.05, 3.63) is 75.3 Å². The van der Waals surface area contributed by atoms with Gasteiger partial charge in [-0.15, -0.1) is 0 Å². The van der Waals surface area contributed by atoms with Gasteiger partial charge in [0.05, 0.1) is 6.33 Å². The van der Waals surface area contributed by atoms with Crippen LogP contribution in [-0.4, -0.2) is 20.6 Å². The number of nitrogens with zero attached hydrogens (tertiary/aromatic N) is 3. The number of carbonyl (C=O) groups excluding carboxylic acids is 1. The van der Waals surface area contributed by atoms with Crippen LogP contribution >= 0.6 is 11.6 Å². The maximum absolute atomic E-state index is 12.8. The Morgan fingerprint density at radius 1 is 1.19 bits per heavy atom. The smallest absolute Gasteiger partial charge is 0.299 e. The Labute approximate surface area is 183 Å². The zero-order valence-electron chi connectivity index (χ0n) is 17.2. The fourth-order valence-electron chi connectivity index (χ4n) is 3.27. The van der Waals surface area contributed by atoms with Crippen LogP contribution in [0, 0.1) is 6.92 Å². The molecule has 0 aliphatic heterocycles. The fraction of sp³-hybridized carbons (Fsp3) is 0.217. The number of aryl methyl sites for hydroxylation is 3. The summed E-state index contributed by atoms with van der Waals surface area (Å²) in [6.45, 7) is 4.13. The molecule has 8 heteroatoms. The van der Waals surface area contributed by atoms with E-state index in [0.29, 0.717) is 21.9 Å². The third-order valence-corrected chi connectivity index (χ3v) is 5.37. The second-order valence-corrected chi connectivity index (χ2v) is 7.70. The van der Waals surface area contributed by atoms with Gasteiger partial charge in [0.2, 0.25) is 5.91 Å². The standard InChI is InChI=1S/C23H21ClN4O3/c1-3-15-5-7-16(8-6-15)20-21-22(31-27-20)23(30)28(13-25-21)11-10-19(29)26-18-12-17(24)9-4-14(18)2/h4-9,12-13H,3,10-11H2,1-2H3,(H,26,29). The van der Waals surface area contributed by atoms with E-state index in [1.807, 2.05) is 37.3 Å². The summed E-state index contributed by atoms with van der Waals surface area (Å²) in [6, 6.07) is 13.2. The normalized spacial score (nSPS) is 11.1. The Hall–Kier alpha value is -3.45. The van der Waals surface area contributed by atoms with Gasteiger partial charge in [0.25, 0.3) is 11.1 Å². The molecule has 0 unspecified atom stereocenters. The molecule has 0 saturated carbocycles. The van der Waals surface area contributed by atoms with Gasteiger partial charge in [-0.1, -0.05) is 54.0 Å². The van der Waals surface area contributed by atoms with Gasteiger partial charge < -0.3 is 9.84 Å². The van der Waals surface area contributed by atoms with Crippen LogP contribution in [0.25, 0.3) is 22.4 Å². The van der Waals surface area contributed by atoms with Gasteiger partial charge >= 0.3 is 0 Å². The van der Waals surface area contributed by atoms with E-state index >= 15 is 0 Å². The lowest BCUT2D eigenvalue weighted by molar-refractivity contribution is -0.116. The number of hydrogen-bond acceptors (Lipinski definition) is 5. The van der Waals surface area contributed by atoms with Crippen molar-refractivity contribution in [2.45, 2.75) is 33.2 Å². The summed E-state index contributed by atoms with van der Waals surface area (Å²) in [5.41, 5.74) is 4.21. The number of benzene rings is 2. The van der Waals surface area contributed by atoms with Gasteiger partial charge in [0.1, 0.15) is 11.2 Å². The van der Waals surface area contributed by atoms with Crippen LogP contribution in [0.15, 0.2) is 58.1 Å². The summed E-state index contributed by atoms with van der Waals surface area (Å²) < 4.78 is 6.65. The van der Waals surface area contributed by atoms with E-state index in [0.717, 1.165) is 17.5 Å². The monoisotopic (exact) mass is 436 g/mol. The summed E-state index contributed by atoms with van der Waals surface area (Å²) in [5.74, 6) is -0.230. The van der Waals surface area contributed by atoms with Crippen LogP contribution in [-0.2, 0) is 17.8 Å². The zero-order chi connectivity index (χ0) is 22.0. The Morgan fingerprint density at radius 2 is 1.97 bits per heavy atom. The van der Waals surface area contributed by atoms with E-state index < -0.39 is 0 Å². The molecule has 1 amide bonds. The summed E-state index contributed by atoms with van der Waals surface area (Å²) in [6.07, 6.45) is 2.45. The minimum absolute atomic E-state index is 0.0724. The molecular weight excluding hydrogens is 416 g/mol. The number of hydrogen-bond donors (Lipinski definition) is 1. The molecule has 4 aromatic rings. The van der Waals surface area contributed by atoms with Crippen molar-refractivity contribution in [1.29, 1.82) is 0 Å². The first-order valence-electron chi connectivity index (χ1n) is 9.96. The van der Waals surface area contributed by atoms with Crippen LogP contribution in [0.1, 0.15) is 24.5 Å². The molecule has 158 valence electrons. The van der Waals surface area contributed by atoms with E-state index in [4.69, 9.17) is 16.1 Å². The van der Waals surface area contributed by atoms with E-state index in [2.05, 4.69) is 22.4 Å². The number of fused-ring (bicyclic) bond motifs is 1. The van der Waals surface area contributed by atoms with E-state index in [9.17, 15) is 9.59 Å². The molecule has 2 aromatic carbocycles. The summed E-state index contributed by atoms with van der Waals surface area (Å²) in [5, 5.41) is 7.41. The maximum Gasteiger partial charge on any atom is 0.299 e. The molecule has 4 rings (SSSR count). The number of rotatable bonds is 6. The van der Waals surface area contributed by atoms with Gasteiger partial charge in [0, 0.05) is 29.2 Å². The topological polar surface area (TPSA) is 90.0 Å². The molecule has 0 bridgehead atoms. The lowest BCUT2D eigenvalue weighted by Crippen LogP contribution is -2.23. The van der Waals surface area contributed by atoms with Crippen LogP contribution in [0.4, 0.5) is 5.69 Å². The van der Waals surface area contributed by atoms with Gasteiger partial charge in [-0.05, 0) is 36.6 Å². The third kappa shape index (κ3) is 4.36. The van der Waals surface area contributed by atoms with Gasteiger partial charge in [-0.2, -0.15) is 0 Å². The first-order valence-corrected chi connectivity index (χ1v) is 10.3. The summed E-state index contributed by atoms with van der Waals surface area (Å²) >= 11 is 5.99. The van der Waals surface area contributed by atoms with Crippen LogP contribution < -0.4 is 10.9 Å². The van der Waals surface area contributed by atoms with Crippen molar-refractivity contribution < 1.29 is 9.32 Å². The largest absolute Gasteiger partial charge is 0.348 e. The molecule has 1 N–H and O–H groups in total. The van der Waals surface area contributed by atoms with Crippen molar-refractivity contribution in [2.75, 3.05) is 5.32 Å². The maximum atomic E-state index is 12.8. The molecule has 0 aliphatic carbocycles. The van der Waals surface area contributed by atoms with Crippen molar-refractivity contribution in [2.24, 2.45) is 0 Å². The van der Waals surface area contributed by atoms with E-state index in [1.54, 1.807) is 12.1 Å². The summed E-state index contributed by atoms with van der Waals surface area (Å²) in [4.78, 5) is 29.5. The number of anilines is 1. The highest BCUT2D eigenvalue weighted by Crippen LogP contribution is 2.25. The Morgan fingerprint density at radius 3 is 2.71 bits per heavy atom. The number of carbonyl (C=O) groups is 1. The van der Waals surface area contributed by atoms with Crippen molar-refractivity contribution in [3.8, 4) is 11.3 Å². The lowest BCUT2D eigenvalue weighted by Gasteiger charge is -2.09. The minimum atomic E-state index is -0.374. The number of aromatic nitrogens is 3. The van der Waals surface area contributed by atoms with Crippen molar-refractivity contribution >= 4 is 34.3 Å². The fourth-order valence-corrected chi connectivity index (χ4v) is 3.44. The Bertz CT molecular complexity index is 1310. The van der Waals surface area contributed by atoms with Crippen molar-refractivity contribution in [3.63, 3.8) is 0 Å². The zero-order valence-corrected chi connectivity index (χ0v) is 17.9. The number of halogens is 1. The quantitative estimate of drug-likeness (QED) is 0.477. The highest BCUT2D eigenvalue weighted by molar-refractivity contribution is 6.31. The van der Waals surface area contributed by atoms with Crippen LogP contribution in [0.5, 0.6) is 0 Å². The van der Waals surface area contributed by atoms with Gasteiger partial charge in [0.15, 0.2) is 0 Å². The lowest BCUT2D eigenvalue weighted by atomic mass is 10.1. The highest BCUT2D eigenvalue weighted by Gasteiger charge is 2.17. The average Bonchev–Trinajstić information content (AvgIpc) is 3.21. The van der Waals surface area contributed by atoms with Crippen molar-refractivity contribution in [1.82, 2.24) is 14.7 Å². The first kappa shape index (κ1) is 20.8. The molecule has 2 aromatic heterocycles. The molecule has 0 saturated heterocycles. The highest BCUT2D eigenvalue weighted by atomic mass is 35.5. The van der Waals surface area contributed by atoms with Gasteiger partial charge in [-0.3, -0.25) is 14.2 Å². The molecule has 7 nitrogen and oxygen atoms in total. The van der Waals surface area contributed by atoms with E-state index in [1.165, 1.54) is 16.5 Å². The average molecular weight is 437 g/mol. The number of nitrogens with one attached hydrogen (secondary N) is 1. The predicted octanol–water partition coefficient (Wildman–Crippen LogP) is 4.60. The molecule has 0 atom stereocenters. The third-order valence-electron chi connectivity index (χ3n) is 5.14. The molecule has 0 fully saturated rings. The minimum Gasteiger partial charge on any atom is -0.348 e. The molecule has 0 aliphatic rings. The Balaban J connectivity index is 1.51. The van der Waals surface area contributed by atoms with E-state index in [-0.39, 0.29) is 30.0 Å². The first-order chi connectivity index (χ1) is 15.0.